The van der Waals surface area contributed by atoms with Crippen molar-refractivity contribution < 1.29 is 19.0 Å². The maximum atomic E-state index is 13.4. The molecular weight excluding hydrogens is 342 g/mol. The number of carbonyl (C=O) groups excluding carboxylic acids is 1. The summed E-state index contributed by atoms with van der Waals surface area (Å²) in [4.78, 5) is 15.4. The van der Waals surface area contributed by atoms with E-state index in [2.05, 4.69) is 4.90 Å². The fourth-order valence-electron chi connectivity index (χ4n) is 4.44. The van der Waals surface area contributed by atoms with Crippen LogP contribution in [0.25, 0.3) is 0 Å². The summed E-state index contributed by atoms with van der Waals surface area (Å²) in [5.74, 6) is 2.64. The van der Waals surface area contributed by atoms with Crippen molar-refractivity contribution in [2.75, 3.05) is 39.5 Å². The van der Waals surface area contributed by atoms with E-state index in [0.29, 0.717) is 36.4 Å². The number of hydrogen-bond donors (Lipinski definition) is 0. The Kier molecular flexibility index (Phi) is 6.17. The van der Waals surface area contributed by atoms with E-state index in [4.69, 9.17) is 14.2 Å². The van der Waals surface area contributed by atoms with E-state index >= 15 is 0 Å². The third kappa shape index (κ3) is 4.75. The lowest BCUT2D eigenvalue weighted by atomic mass is 9.88. The largest absolute Gasteiger partial charge is 0.490 e. The fraction of sp³-hybridized carbons (Fsp3) is 0.682. The summed E-state index contributed by atoms with van der Waals surface area (Å²) in [6.07, 6.45) is 8.33. The van der Waals surface area contributed by atoms with Crippen molar-refractivity contribution in [3.8, 4) is 11.5 Å². The molecule has 5 nitrogen and oxygen atoms in total. The highest BCUT2D eigenvalue weighted by Gasteiger charge is 2.27. The number of rotatable bonds is 5. The van der Waals surface area contributed by atoms with Gasteiger partial charge in [0.25, 0.3) is 5.91 Å². The molecule has 148 valence electrons. The smallest absolute Gasteiger partial charge is 0.254 e. The topological polar surface area (TPSA) is 48.0 Å². The highest BCUT2D eigenvalue weighted by molar-refractivity contribution is 5.95. The van der Waals surface area contributed by atoms with Crippen LogP contribution in [0.2, 0.25) is 0 Å². The normalized spacial score (nSPS) is 23.0. The zero-order chi connectivity index (χ0) is 18.5. The molecule has 2 fully saturated rings. The van der Waals surface area contributed by atoms with Crippen LogP contribution < -0.4 is 9.47 Å². The fourth-order valence-corrected chi connectivity index (χ4v) is 4.44. The number of nitrogens with zero attached hydrogens (tertiary/aromatic N) is 1. The maximum absolute atomic E-state index is 13.4. The Hall–Kier alpha value is -1.75. The average Bonchev–Trinajstić information content (AvgIpc) is 3.10. The average molecular weight is 373 g/mol. The summed E-state index contributed by atoms with van der Waals surface area (Å²) in [7, 11) is 0. The Balaban J connectivity index is 1.50. The van der Waals surface area contributed by atoms with E-state index < -0.39 is 0 Å². The van der Waals surface area contributed by atoms with Crippen molar-refractivity contribution in [2.45, 2.75) is 44.9 Å². The molecule has 0 radical (unpaired) electrons. The molecule has 5 heteroatoms. The van der Waals surface area contributed by atoms with E-state index in [1.165, 1.54) is 32.1 Å². The van der Waals surface area contributed by atoms with Crippen LogP contribution in [-0.2, 0) is 4.74 Å². The van der Waals surface area contributed by atoms with Crippen molar-refractivity contribution in [3.63, 3.8) is 0 Å². The number of hydrogen-bond acceptors (Lipinski definition) is 4. The van der Waals surface area contributed by atoms with Crippen LogP contribution in [0, 0.1) is 11.8 Å². The molecule has 1 saturated carbocycles. The zero-order valence-electron chi connectivity index (χ0n) is 16.2. The van der Waals surface area contributed by atoms with Crippen LogP contribution in [0.4, 0.5) is 0 Å². The van der Waals surface area contributed by atoms with Gasteiger partial charge >= 0.3 is 0 Å². The summed E-state index contributed by atoms with van der Waals surface area (Å²) >= 11 is 0. The Labute approximate surface area is 162 Å². The summed E-state index contributed by atoms with van der Waals surface area (Å²) in [5, 5.41) is 0. The molecule has 27 heavy (non-hydrogen) atoms. The van der Waals surface area contributed by atoms with E-state index in [9.17, 15) is 4.79 Å². The van der Waals surface area contributed by atoms with Gasteiger partial charge in [0, 0.05) is 37.6 Å². The van der Waals surface area contributed by atoms with Crippen LogP contribution in [0.5, 0.6) is 11.5 Å². The van der Waals surface area contributed by atoms with Crippen molar-refractivity contribution in [1.29, 1.82) is 0 Å². The molecular formula is C22H31NO4. The summed E-state index contributed by atoms with van der Waals surface area (Å²) in [6, 6.07) is 5.63. The standard InChI is InChI=1S/C22H31NO4/c24-22(19-7-8-20-21(13-19)27-11-4-10-26-20)23(15-18-9-12-25-16-18)14-17-5-2-1-3-6-17/h7-8,13,17-18H,1-6,9-12,14-16H2/t18-/m1/s1. The summed E-state index contributed by atoms with van der Waals surface area (Å²) < 4.78 is 17.0. The molecule has 1 aromatic rings. The first kappa shape index (κ1) is 18.6. The second-order valence-electron chi connectivity index (χ2n) is 8.16. The highest BCUT2D eigenvalue weighted by Crippen LogP contribution is 2.32. The molecule has 3 aliphatic rings. The third-order valence-corrected chi connectivity index (χ3v) is 5.99. The van der Waals surface area contributed by atoms with E-state index in [1.807, 2.05) is 18.2 Å². The molecule has 0 bridgehead atoms. The lowest BCUT2D eigenvalue weighted by Gasteiger charge is -2.31. The van der Waals surface area contributed by atoms with Gasteiger partial charge in [-0.3, -0.25) is 4.79 Å². The van der Waals surface area contributed by atoms with E-state index in [-0.39, 0.29) is 5.91 Å². The van der Waals surface area contributed by atoms with Gasteiger partial charge in [-0.05, 0) is 43.4 Å². The molecule has 1 amide bonds. The molecule has 1 aliphatic carbocycles. The van der Waals surface area contributed by atoms with Crippen molar-refractivity contribution in [3.05, 3.63) is 23.8 Å². The van der Waals surface area contributed by atoms with Gasteiger partial charge in [0.1, 0.15) is 0 Å². The number of amides is 1. The Morgan fingerprint density at radius 2 is 1.67 bits per heavy atom. The van der Waals surface area contributed by atoms with Gasteiger partial charge in [0.15, 0.2) is 11.5 Å². The molecule has 2 aliphatic heterocycles. The minimum absolute atomic E-state index is 0.114. The van der Waals surface area contributed by atoms with Crippen LogP contribution in [0.15, 0.2) is 18.2 Å². The molecule has 1 saturated heterocycles. The van der Waals surface area contributed by atoms with Gasteiger partial charge in [-0.2, -0.15) is 0 Å². The van der Waals surface area contributed by atoms with E-state index in [0.717, 1.165) is 44.9 Å². The first-order valence-electron chi connectivity index (χ1n) is 10.6. The number of carbonyl (C=O) groups is 1. The van der Waals surface area contributed by atoms with Gasteiger partial charge in [-0.1, -0.05) is 19.3 Å². The molecule has 0 N–H and O–H groups in total. The predicted molar refractivity (Wildman–Crippen MR) is 103 cm³/mol. The van der Waals surface area contributed by atoms with Crippen molar-refractivity contribution in [1.82, 2.24) is 4.90 Å². The van der Waals surface area contributed by atoms with Crippen molar-refractivity contribution >= 4 is 5.91 Å². The zero-order valence-corrected chi connectivity index (χ0v) is 16.2. The van der Waals surface area contributed by atoms with Gasteiger partial charge in [-0.15, -0.1) is 0 Å². The van der Waals surface area contributed by atoms with Gasteiger partial charge in [0.05, 0.1) is 19.8 Å². The molecule has 1 aromatic carbocycles. The molecule has 4 rings (SSSR count). The Morgan fingerprint density at radius 3 is 2.44 bits per heavy atom. The van der Waals surface area contributed by atoms with Crippen LogP contribution in [0.1, 0.15) is 55.3 Å². The first-order valence-corrected chi connectivity index (χ1v) is 10.6. The second-order valence-corrected chi connectivity index (χ2v) is 8.16. The lowest BCUT2D eigenvalue weighted by molar-refractivity contribution is 0.0673. The highest BCUT2D eigenvalue weighted by atomic mass is 16.5. The van der Waals surface area contributed by atoms with Crippen LogP contribution in [-0.4, -0.2) is 50.3 Å². The quantitative estimate of drug-likeness (QED) is 0.785. The van der Waals surface area contributed by atoms with Gasteiger partial charge < -0.3 is 19.1 Å². The second kappa shape index (κ2) is 8.96. The van der Waals surface area contributed by atoms with Crippen LogP contribution in [0.3, 0.4) is 0 Å². The summed E-state index contributed by atoms with van der Waals surface area (Å²) in [6.45, 7) is 4.55. The van der Waals surface area contributed by atoms with Crippen molar-refractivity contribution in [2.24, 2.45) is 11.8 Å². The number of fused-ring (bicyclic) bond motifs is 1. The SMILES string of the molecule is O=C(c1ccc2c(c1)OCCCO2)N(CC1CCCCC1)C[C@H]1CCOC1. The molecule has 0 aromatic heterocycles. The third-order valence-electron chi connectivity index (χ3n) is 5.99. The molecule has 2 heterocycles. The maximum Gasteiger partial charge on any atom is 0.254 e. The Morgan fingerprint density at radius 1 is 0.889 bits per heavy atom. The monoisotopic (exact) mass is 373 g/mol. The summed E-state index contributed by atoms with van der Waals surface area (Å²) in [5.41, 5.74) is 0.703. The first-order chi connectivity index (χ1) is 13.3. The minimum Gasteiger partial charge on any atom is -0.490 e. The number of ether oxygens (including phenoxy) is 3. The minimum atomic E-state index is 0.114. The molecule has 1 atom stereocenters. The molecule has 0 spiro atoms. The molecule has 0 unspecified atom stereocenters. The van der Waals surface area contributed by atoms with Crippen LogP contribution >= 0.6 is 0 Å². The number of benzene rings is 1. The Bertz CT molecular complexity index is 635. The van der Waals surface area contributed by atoms with Gasteiger partial charge in [0.2, 0.25) is 0 Å². The van der Waals surface area contributed by atoms with Gasteiger partial charge in [-0.25, -0.2) is 0 Å². The lowest BCUT2D eigenvalue weighted by Crippen LogP contribution is -2.39. The predicted octanol–water partition coefficient (Wildman–Crippen LogP) is 3.91. The van der Waals surface area contributed by atoms with E-state index in [1.54, 1.807) is 0 Å².